The molecule has 1 aromatic rings. The standard InChI is InChI=1S/C12H17NO2/c13-11-5-2-6-12(11)15-8-9-3-1-4-10(14)7-9/h1,3-4,7,11-12,14H,2,5-6,8,13H2. The molecule has 0 bridgehead atoms. The number of nitrogens with two attached hydrogens (primary N) is 1. The van der Waals surface area contributed by atoms with Gasteiger partial charge >= 0.3 is 0 Å². The maximum absolute atomic E-state index is 9.28. The molecule has 1 fully saturated rings. The first-order valence-corrected chi connectivity index (χ1v) is 5.41. The number of benzene rings is 1. The highest BCUT2D eigenvalue weighted by Crippen LogP contribution is 2.22. The molecule has 3 heteroatoms. The van der Waals surface area contributed by atoms with Crippen molar-refractivity contribution in [2.75, 3.05) is 0 Å². The average Bonchev–Trinajstić information content (AvgIpc) is 2.61. The monoisotopic (exact) mass is 207 g/mol. The lowest BCUT2D eigenvalue weighted by atomic mass is 10.2. The van der Waals surface area contributed by atoms with Gasteiger partial charge in [-0.25, -0.2) is 0 Å². The Morgan fingerprint density at radius 2 is 2.27 bits per heavy atom. The van der Waals surface area contributed by atoms with Crippen LogP contribution in [0.3, 0.4) is 0 Å². The lowest BCUT2D eigenvalue weighted by molar-refractivity contribution is 0.0356. The molecule has 1 aliphatic carbocycles. The van der Waals surface area contributed by atoms with E-state index in [-0.39, 0.29) is 17.9 Å². The van der Waals surface area contributed by atoms with E-state index in [0.717, 1.165) is 24.8 Å². The van der Waals surface area contributed by atoms with Crippen molar-refractivity contribution in [3.05, 3.63) is 29.8 Å². The van der Waals surface area contributed by atoms with Crippen molar-refractivity contribution in [3.63, 3.8) is 0 Å². The Balaban J connectivity index is 1.87. The molecule has 3 nitrogen and oxygen atoms in total. The second-order valence-corrected chi connectivity index (χ2v) is 4.11. The molecule has 15 heavy (non-hydrogen) atoms. The first-order valence-electron chi connectivity index (χ1n) is 5.41. The number of phenolic OH excluding ortho intramolecular Hbond substituents is 1. The van der Waals surface area contributed by atoms with Crippen LogP contribution in [0.15, 0.2) is 24.3 Å². The van der Waals surface area contributed by atoms with Gasteiger partial charge in [-0.1, -0.05) is 12.1 Å². The maximum Gasteiger partial charge on any atom is 0.115 e. The van der Waals surface area contributed by atoms with Crippen molar-refractivity contribution in [2.45, 2.75) is 38.0 Å². The summed E-state index contributed by atoms with van der Waals surface area (Å²) in [5, 5.41) is 9.28. The molecule has 0 aromatic heterocycles. The normalized spacial score (nSPS) is 25.7. The van der Waals surface area contributed by atoms with E-state index in [4.69, 9.17) is 10.5 Å². The third kappa shape index (κ3) is 2.70. The molecule has 2 unspecified atom stereocenters. The van der Waals surface area contributed by atoms with Gasteiger partial charge in [0, 0.05) is 6.04 Å². The highest BCUT2D eigenvalue weighted by atomic mass is 16.5. The van der Waals surface area contributed by atoms with E-state index in [1.165, 1.54) is 0 Å². The Bertz CT molecular complexity index is 327. The quantitative estimate of drug-likeness (QED) is 0.794. The van der Waals surface area contributed by atoms with Gasteiger partial charge in [0.2, 0.25) is 0 Å². The molecule has 1 aliphatic rings. The summed E-state index contributed by atoms with van der Waals surface area (Å²) in [6.45, 7) is 0.534. The van der Waals surface area contributed by atoms with Crippen LogP contribution in [0.1, 0.15) is 24.8 Å². The van der Waals surface area contributed by atoms with Gasteiger partial charge in [-0.3, -0.25) is 0 Å². The third-order valence-corrected chi connectivity index (χ3v) is 2.88. The minimum atomic E-state index is 0.183. The molecule has 0 radical (unpaired) electrons. The van der Waals surface area contributed by atoms with E-state index in [1.807, 2.05) is 12.1 Å². The topological polar surface area (TPSA) is 55.5 Å². The Hall–Kier alpha value is -1.06. The molecule has 3 N–H and O–H groups in total. The van der Waals surface area contributed by atoms with Crippen LogP contribution in [-0.4, -0.2) is 17.3 Å². The zero-order valence-corrected chi connectivity index (χ0v) is 8.73. The Morgan fingerprint density at radius 3 is 2.93 bits per heavy atom. The van der Waals surface area contributed by atoms with Crippen LogP contribution in [0.4, 0.5) is 0 Å². The summed E-state index contributed by atoms with van der Waals surface area (Å²) in [4.78, 5) is 0. The molecule has 2 rings (SSSR count). The predicted molar refractivity (Wildman–Crippen MR) is 58.5 cm³/mol. The molecular formula is C12H17NO2. The van der Waals surface area contributed by atoms with Crippen molar-refractivity contribution < 1.29 is 9.84 Å². The molecule has 0 saturated heterocycles. The summed E-state index contributed by atoms with van der Waals surface area (Å²) < 4.78 is 5.72. The number of aromatic hydroxyl groups is 1. The Labute approximate surface area is 89.9 Å². The van der Waals surface area contributed by atoms with Crippen molar-refractivity contribution in [3.8, 4) is 5.75 Å². The smallest absolute Gasteiger partial charge is 0.115 e. The van der Waals surface area contributed by atoms with Gasteiger partial charge in [-0.2, -0.15) is 0 Å². The van der Waals surface area contributed by atoms with E-state index in [9.17, 15) is 5.11 Å². The van der Waals surface area contributed by atoms with Crippen LogP contribution in [0.2, 0.25) is 0 Å². The van der Waals surface area contributed by atoms with Gasteiger partial charge in [0.25, 0.3) is 0 Å². The first-order chi connectivity index (χ1) is 7.25. The minimum absolute atomic E-state index is 0.183. The van der Waals surface area contributed by atoms with E-state index < -0.39 is 0 Å². The van der Waals surface area contributed by atoms with Gasteiger partial charge in [-0.05, 0) is 37.0 Å². The van der Waals surface area contributed by atoms with Gasteiger partial charge in [0.1, 0.15) is 5.75 Å². The summed E-state index contributed by atoms with van der Waals surface area (Å²) in [5.74, 6) is 0.284. The summed E-state index contributed by atoms with van der Waals surface area (Å²) in [5.41, 5.74) is 6.89. The van der Waals surface area contributed by atoms with Gasteiger partial charge in [0.05, 0.1) is 12.7 Å². The number of hydrogen-bond acceptors (Lipinski definition) is 3. The maximum atomic E-state index is 9.28. The summed E-state index contributed by atoms with van der Waals surface area (Å²) in [7, 11) is 0. The van der Waals surface area contributed by atoms with E-state index in [1.54, 1.807) is 12.1 Å². The SMILES string of the molecule is NC1CCCC1OCc1cccc(O)c1. The molecule has 0 heterocycles. The number of phenols is 1. The van der Waals surface area contributed by atoms with E-state index >= 15 is 0 Å². The lowest BCUT2D eigenvalue weighted by Crippen LogP contribution is -2.31. The largest absolute Gasteiger partial charge is 0.508 e. The fourth-order valence-electron chi connectivity index (χ4n) is 2.01. The van der Waals surface area contributed by atoms with Crippen LogP contribution in [0.25, 0.3) is 0 Å². The summed E-state index contributed by atoms with van der Waals surface area (Å²) in [6, 6.07) is 7.33. The van der Waals surface area contributed by atoms with Crippen molar-refractivity contribution in [1.29, 1.82) is 0 Å². The van der Waals surface area contributed by atoms with Crippen LogP contribution in [-0.2, 0) is 11.3 Å². The van der Waals surface area contributed by atoms with Crippen molar-refractivity contribution in [2.24, 2.45) is 5.73 Å². The van der Waals surface area contributed by atoms with Crippen LogP contribution >= 0.6 is 0 Å². The molecule has 1 aromatic carbocycles. The number of ether oxygens (including phenoxy) is 1. The summed E-state index contributed by atoms with van der Waals surface area (Å²) >= 11 is 0. The van der Waals surface area contributed by atoms with Crippen LogP contribution in [0, 0.1) is 0 Å². The number of hydrogen-bond donors (Lipinski definition) is 2. The minimum Gasteiger partial charge on any atom is -0.508 e. The lowest BCUT2D eigenvalue weighted by Gasteiger charge is -2.16. The first kappa shape index (κ1) is 10.5. The molecule has 1 saturated carbocycles. The predicted octanol–water partition coefficient (Wildman–Crippen LogP) is 1.79. The van der Waals surface area contributed by atoms with Crippen molar-refractivity contribution >= 4 is 0 Å². The zero-order valence-electron chi connectivity index (χ0n) is 8.73. The Morgan fingerprint density at radius 1 is 1.40 bits per heavy atom. The van der Waals surface area contributed by atoms with Crippen molar-refractivity contribution in [1.82, 2.24) is 0 Å². The van der Waals surface area contributed by atoms with E-state index in [2.05, 4.69) is 0 Å². The fraction of sp³-hybridized carbons (Fsp3) is 0.500. The number of rotatable bonds is 3. The second kappa shape index (κ2) is 4.64. The zero-order chi connectivity index (χ0) is 10.7. The molecule has 0 spiro atoms. The van der Waals surface area contributed by atoms with Gasteiger partial charge in [-0.15, -0.1) is 0 Å². The van der Waals surface area contributed by atoms with Gasteiger partial charge in [0.15, 0.2) is 0 Å². The van der Waals surface area contributed by atoms with Gasteiger partial charge < -0.3 is 15.6 Å². The van der Waals surface area contributed by atoms with E-state index in [0.29, 0.717) is 6.61 Å². The highest BCUT2D eigenvalue weighted by molar-refractivity contribution is 5.26. The average molecular weight is 207 g/mol. The molecule has 0 aliphatic heterocycles. The molecule has 82 valence electrons. The second-order valence-electron chi connectivity index (χ2n) is 4.11. The highest BCUT2D eigenvalue weighted by Gasteiger charge is 2.24. The molecular weight excluding hydrogens is 190 g/mol. The van der Waals surface area contributed by atoms with Crippen LogP contribution in [0.5, 0.6) is 5.75 Å². The Kier molecular flexibility index (Phi) is 3.23. The molecule has 0 amide bonds. The summed E-state index contributed by atoms with van der Waals surface area (Å²) in [6.07, 6.45) is 3.46. The fourth-order valence-corrected chi connectivity index (χ4v) is 2.01. The molecule has 2 atom stereocenters. The third-order valence-electron chi connectivity index (χ3n) is 2.88. The van der Waals surface area contributed by atoms with Crippen LogP contribution < -0.4 is 5.73 Å².